The molecule has 3 aromatic carbocycles. The van der Waals surface area contributed by atoms with Gasteiger partial charge in [-0.3, -0.25) is 0 Å². The van der Waals surface area contributed by atoms with Crippen LogP contribution in [0.4, 0.5) is 41.6 Å². The molecule has 0 bridgehead atoms. The van der Waals surface area contributed by atoms with Crippen molar-refractivity contribution in [2.75, 3.05) is 42.1 Å². The van der Waals surface area contributed by atoms with Crippen LogP contribution in [-0.2, 0) is 10.9 Å². The molecule has 3 aromatic rings. The third-order valence-electron chi connectivity index (χ3n) is 4.94. The van der Waals surface area contributed by atoms with E-state index in [1.807, 2.05) is 24.3 Å². The van der Waals surface area contributed by atoms with Crippen LogP contribution in [0.1, 0.15) is 5.56 Å². The molecule has 166 valence electrons. The van der Waals surface area contributed by atoms with Crippen LogP contribution in [0.2, 0.25) is 0 Å². The van der Waals surface area contributed by atoms with Crippen molar-refractivity contribution in [2.24, 2.45) is 10.2 Å². The maximum Gasteiger partial charge on any atom is 0.416 e. The third kappa shape index (κ3) is 5.76. The SMILES string of the molecule is FC(F)(F)c1ccc(NNc2ccc(/N=N/c3ccc(N4CCOCC4)cc3)cc2)cc1. The Morgan fingerprint density at radius 3 is 1.66 bits per heavy atom. The Bertz CT molecular complexity index is 1030. The van der Waals surface area contributed by atoms with Crippen LogP contribution in [0.3, 0.4) is 0 Å². The normalized spacial score (nSPS) is 14.5. The van der Waals surface area contributed by atoms with E-state index in [0.29, 0.717) is 11.4 Å². The molecule has 6 nitrogen and oxygen atoms in total. The van der Waals surface area contributed by atoms with Crippen molar-refractivity contribution in [2.45, 2.75) is 6.18 Å². The number of hydrogen-bond donors (Lipinski definition) is 2. The molecule has 9 heteroatoms. The van der Waals surface area contributed by atoms with Gasteiger partial charge in [0.05, 0.1) is 41.5 Å². The summed E-state index contributed by atoms with van der Waals surface area (Å²) in [5, 5.41) is 8.52. The summed E-state index contributed by atoms with van der Waals surface area (Å²) in [6.45, 7) is 3.25. The first kappa shape index (κ1) is 21.6. The number of rotatable bonds is 6. The molecule has 0 amide bonds. The molecule has 1 saturated heterocycles. The second-order valence-corrected chi connectivity index (χ2v) is 7.19. The number of benzene rings is 3. The number of nitrogens with one attached hydrogen (secondary N) is 2. The van der Waals surface area contributed by atoms with E-state index in [1.54, 1.807) is 24.3 Å². The molecule has 0 radical (unpaired) electrons. The first-order valence-corrected chi connectivity index (χ1v) is 10.1. The number of azo groups is 1. The lowest BCUT2D eigenvalue weighted by molar-refractivity contribution is -0.137. The molecular weight excluding hydrogens is 419 g/mol. The fourth-order valence-corrected chi connectivity index (χ4v) is 3.17. The number of morpholine rings is 1. The van der Waals surface area contributed by atoms with Crippen molar-refractivity contribution >= 4 is 28.4 Å². The van der Waals surface area contributed by atoms with E-state index in [-0.39, 0.29) is 0 Å². The molecule has 2 N–H and O–H groups in total. The maximum absolute atomic E-state index is 12.6. The van der Waals surface area contributed by atoms with Gasteiger partial charge in [-0.1, -0.05) is 0 Å². The summed E-state index contributed by atoms with van der Waals surface area (Å²) in [6.07, 6.45) is -4.35. The van der Waals surface area contributed by atoms with Gasteiger partial charge in [-0.2, -0.15) is 23.4 Å². The first-order valence-electron chi connectivity index (χ1n) is 10.1. The van der Waals surface area contributed by atoms with Crippen molar-refractivity contribution in [1.82, 2.24) is 0 Å². The van der Waals surface area contributed by atoms with Gasteiger partial charge in [-0.25, -0.2) is 0 Å². The van der Waals surface area contributed by atoms with E-state index in [9.17, 15) is 13.2 Å². The summed E-state index contributed by atoms with van der Waals surface area (Å²) in [6, 6.07) is 19.9. The Balaban J connectivity index is 1.30. The van der Waals surface area contributed by atoms with Gasteiger partial charge in [0.25, 0.3) is 0 Å². The highest BCUT2D eigenvalue weighted by molar-refractivity contribution is 5.56. The van der Waals surface area contributed by atoms with Crippen molar-refractivity contribution in [3.05, 3.63) is 78.4 Å². The smallest absolute Gasteiger partial charge is 0.378 e. The zero-order valence-corrected chi connectivity index (χ0v) is 17.1. The molecule has 0 atom stereocenters. The fraction of sp³-hybridized carbons (Fsp3) is 0.217. The van der Waals surface area contributed by atoms with E-state index in [0.717, 1.165) is 55.5 Å². The molecule has 1 aliphatic heterocycles. The lowest BCUT2D eigenvalue weighted by Gasteiger charge is -2.28. The van der Waals surface area contributed by atoms with Gasteiger partial charge in [0.1, 0.15) is 0 Å². The van der Waals surface area contributed by atoms with Crippen LogP contribution in [0.25, 0.3) is 0 Å². The zero-order chi connectivity index (χ0) is 22.4. The molecule has 0 spiro atoms. The predicted octanol–water partition coefficient (Wildman–Crippen LogP) is 6.40. The molecule has 1 aliphatic rings. The van der Waals surface area contributed by atoms with Crippen LogP contribution in [-0.4, -0.2) is 26.3 Å². The van der Waals surface area contributed by atoms with E-state index in [2.05, 4.69) is 26.0 Å². The van der Waals surface area contributed by atoms with Gasteiger partial charge in [0, 0.05) is 18.8 Å². The predicted molar refractivity (Wildman–Crippen MR) is 119 cm³/mol. The Hall–Kier alpha value is -3.59. The second kappa shape index (κ2) is 9.69. The Labute approximate surface area is 183 Å². The highest BCUT2D eigenvalue weighted by Crippen LogP contribution is 2.30. The Morgan fingerprint density at radius 2 is 1.16 bits per heavy atom. The summed E-state index contributed by atoms with van der Waals surface area (Å²) in [5.41, 5.74) is 8.95. The lowest BCUT2D eigenvalue weighted by atomic mass is 10.2. The highest BCUT2D eigenvalue weighted by atomic mass is 19.4. The summed E-state index contributed by atoms with van der Waals surface area (Å²) in [5.74, 6) is 0. The van der Waals surface area contributed by atoms with Gasteiger partial charge in [0.2, 0.25) is 0 Å². The third-order valence-corrected chi connectivity index (χ3v) is 4.94. The molecular formula is C23H22F3N5O. The van der Waals surface area contributed by atoms with Crippen molar-refractivity contribution in [3.8, 4) is 0 Å². The molecule has 4 rings (SSSR count). The summed E-state index contributed by atoms with van der Waals surface area (Å²) in [7, 11) is 0. The minimum absolute atomic E-state index is 0.516. The van der Waals surface area contributed by atoms with Crippen LogP contribution in [0.5, 0.6) is 0 Å². The molecule has 1 fully saturated rings. The molecule has 0 unspecified atom stereocenters. The van der Waals surface area contributed by atoms with E-state index >= 15 is 0 Å². The molecule has 1 heterocycles. The van der Waals surface area contributed by atoms with Gasteiger partial charge in [-0.15, -0.1) is 0 Å². The molecule has 0 aliphatic carbocycles. The van der Waals surface area contributed by atoms with Crippen LogP contribution >= 0.6 is 0 Å². The monoisotopic (exact) mass is 441 g/mol. The Kier molecular flexibility index (Phi) is 6.55. The average Bonchev–Trinajstić information content (AvgIpc) is 2.83. The molecule has 0 aromatic heterocycles. The van der Waals surface area contributed by atoms with Crippen LogP contribution < -0.4 is 15.8 Å². The number of anilines is 3. The summed E-state index contributed by atoms with van der Waals surface area (Å²) in [4.78, 5) is 2.27. The lowest BCUT2D eigenvalue weighted by Crippen LogP contribution is -2.36. The van der Waals surface area contributed by atoms with E-state index < -0.39 is 11.7 Å². The van der Waals surface area contributed by atoms with Crippen LogP contribution in [0.15, 0.2) is 83.0 Å². The van der Waals surface area contributed by atoms with Gasteiger partial charge in [0.15, 0.2) is 0 Å². The standard InChI is InChI=1S/C23H22F3N5O/c24-23(25,26)17-1-3-18(4-2-17)27-28-19-5-7-20(8-6-19)29-30-21-9-11-22(12-10-21)31-13-15-32-16-14-31/h1-12,27-28H,13-16H2/b30-29+. The first-order chi connectivity index (χ1) is 15.5. The topological polar surface area (TPSA) is 61.2 Å². The second-order valence-electron chi connectivity index (χ2n) is 7.19. The number of alkyl halides is 3. The number of halogens is 3. The minimum Gasteiger partial charge on any atom is -0.378 e. The summed E-state index contributed by atoms with van der Waals surface area (Å²) < 4.78 is 43.2. The minimum atomic E-state index is -4.35. The number of hydrogen-bond acceptors (Lipinski definition) is 6. The van der Waals surface area contributed by atoms with Crippen molar-refractivity contribution in [1.29, 1.82) is 0 Å². The highest BCUT2D eigenvalue weighted by Gasteiger charge is 2.29. The van der Waals surface area contributed by atoms with Crippen molar-refractivity contribution < 1.29 is 17.9 Å². The van der Waals surface area contributed by atoms with Gasteiger partial charge < -0.3 is 20.5 Å². The quantitative estimate of drug-likeness (QED) is 0.343. The molecule has 0 saturated carbocycles. The van der Waals surface area contributed by atoms with E-state index in [4.69, 9.17) is 4.74 Å². The number of nitrogens with zero attached hydrogens (tertiary/aromatic N) is 3. The molecule has 32 heavy (non-hydrogen) atoms. The maximum atomic E-state index is 12.6. The fourth-order valence-electron chi connectivity index (χ4n) is 3.17. The van der Waals surface area contributed by atoms with Crippen molar-refractivity contribution in [3.63, 3.8) is 0 Å². The average molecular weight is 441 g/mol. The van der Waals surface area contributed by atoms with Gasteiger partial charge >= 0.3 is 6.18 Å². The largest absolute Gasteiger partial charge is 0.416 e. The number of ether oxygens (including phenoxy) is 1. The van der Waals surface area contributed by atoms with E-state index in [1.165, 1.54) is 12.1 Å². The van der Waals surface area contributed by atoms with Gasteiger partial charge in [-0.05, 0) is 72.8 Å². The zero-order valence-electron chi connectivity index (χ0n) is 17.1. The summed E-state index contributed by atoms with van der Waals surface area (Å²) >= 11 is 0. The number of hydrazine groups is 1. The Morgan fingerprint density at radius 1 is 0.688 bits per heavy atom. The van der Waals surface area contributed by atoms with Crippen LogP contribution in [0, 0.1) is 0 Å².